The van der Waals surface area contributed by atoms with Gasteiger partial charge in [-0.05, 0) is 62.0 Å². The predicted molar refractivity (Wildman–Crippen MR) is 111 cm³/mol. The van der Waals surface area contributed by atoms with E-state index in [0.29, 0.717) is 16.2 Å². The van der Waals surface area contributed by atoms with E-state index in [1.165, 1.54) is 0 Å². The Bertz CT molecular complexity index is 1060. The fourth-order valence-electron chi connectivity index (χ4n) is 2.58. The third-order valence-corrected chi connectivity index (χ3v) is 4.02. The van der Waals surface area contributed by atoms with Crippen LogP contribution in [0.15, 0.2) is 60.4 Å². The minimum atomic E-state index is 0.170. The maximum atomic E-state index is 10.1. The van der Waals surface area contributed by atoms with Gasteiger partial charge in [-0.3, -0.25) is 9.67 Å². The van der Waals surface area contributed by atoms with Gasteiger partial charge in [-0.2, -0.15) is 5.10 Å². The van der Waals surface area contributed by atoms with Crippen molar-refractivity contribution in [3.63, 3.8) is 0 Å². The van der Waals surface area contributed by atoms with Crippen LogP contribution in [0.2, 0.25) is 0 Å². The molecule has 0 bridgehead atoms. The first kappa shape index (κ1) is 19.2. The zero-order chi connectivity index (χ0) is 19.1. The number of nitrogens with zero attached hydrogens (tertiary/aromatic N) is 2. The average molecular weight is 363 g/mol. The second-order valence-electron chi connectivity index (χ2n) is 5.38. The summed E-state index contributed by atoms with van der Waals surface area (Å²) >= 11 is 5.38. The second-order valence-corrected chi connectivity index (χ2v) is 5.77. The molecule has 0 aliphatic heterocycles. The van der Waals surface area contributed by atoms with E-state index >= 15 is 0 Å². The Labute approximate surface area is 158 Å². The van der Waals surface area contributed by atoms with Crippen LogP contribution in [0.5, 0.6) is 0 Å². The molecule has 3 rings (SSSR count). The van der Waals surface area contributed by atoms with Gasteiger partial charge < -0.3 is 5.11 Å². The van der Waals surface area contributed by atoms with Gasteiger partial charge in [0.05, 0.1) is 11.3 Å². The highest BCUT2D eigenvalue weighted by Crippen LogP contribution is 2.25. The Morgan fingerprint density at radius 2 is 1.85 bits per heavy atom. The molecule has 132 valence electrons. The minimum Gasteiger partial charge on any atom is -0.508 e. The first-order chi connectivity index (χ1) is 12.6. The maximum absolute atomic E-state index is 10.1. The van der Waals surface area contributed by atoms with Gasteiger partial charge in [0.25, 0.3) is 0 Å². The fourth-order valence-corrected chi connectivity index (χ4v) is 2.82. The van der Waals surface area contributed by atoms with Crippen LogP contribution < -0.4 is 0 Å². The lowest BCUT2D eigenvalue weighted by atomic mass is 10.1. The molecule has 2 aromatic carbocycles. The van der Waals surface area contributed by atoms with Crippen LogP contribution in [0, 0.1) is 17.1 Å². The van der Waals surface area contributed by atoms with Gasteiger partial charge >= 0.3 is 0 Å². The zero-order valence-electron chi connectivity index (χ0n) is 15.0. The van der Waals surface area contributed by atoms with E-state index in [1.54, 1.807) is 19.9 Å². The summed E-state index contributed by atoms with van der Waals surface area (Å²) in [6.07, 6.45) is 8.05. The van der Waals surface area contributed by atoms with Crippen LogP contribution in [0.25, 0.3) is 22.0 Å². The quantitative estimate of drug-likeness (QED) is 0.276. The standard InChI is InChI=1S/C18H17N3OS.C3H4/c1-3-15(16(22)4-2)17-19-20-18(23)21(17)14-10-9-12-7-5-6-8-13(12)11-14;1-3-2/h3-11,22H,1-2H3,(H,20,23);1H,2H3/b15-3+,16-4+;. The van der Waals surface area contributed by atoms with Crippen LogP contribution in [0.1, 0.15) is 26.6 Å². The number of benzene rings is 2. The van der Waals surface area contributed by atoms with Gasteiger partial charge in [0, 0.05) is 0 Å². The van der Waals surface area contributed by atoms with Gasteiger partial charge in [0.2, 0.25) is 0 Å². The minimum absolute atomic E-state index is 0.170. The molecule has 4 nitrogen and oxygen atoms in total. The summed E-state index contributed by atoms with van der Waals surface area (Å²) < 4.78 is 2.31. The molecule has 0 unspecified atom stereocenters. The number of terminal acetylenes is 1. The Kier molecular flexibility index (Phi) is 6.54. The largest absolute Gasteiger partial charge is 0.508 e. The van der Waals surface area contributed by atoms with Crippen molar-refractivity contribution in [3.05, 3.63) is 71.0 Å². The average Bonchev–Trinajstić information content (AvgIpc) is 3.03. The van der Waals surface area contributed by atoms with E-state index < -0.39 is 0 Å². The van der Waals surface area contributed by atoms with E-state index in [2.05, 4.69) is 40.7 Å². The summed E-state index contributed by atoms with van der Waals surface area (Å²) in [5.74, 6) is 3.01. The van der Waals surface area contributed by atoms with Crippen LogP contribution in [0.4, 0.5) is 0 Å². The fraction of sp³-hybridized carbons (Fsp3) is 0.143. The normalized spacial score (nSPS) is 11.6. The number of H-pyrrole nitrogens is 1. The summed E-state index contributed by atoms with van der Waals surface area (Å²) in [6.45, 7) is 5.29. The van der Waals surface area contributed by atoms with E-state index in [-0.39, 0.29) is 5.76 Å². The van der Waals surface area contributed by atoms with Crippen LogP contribution >= 0.6 is 12.2 Å². The lowest BCUT2D eigenvalue weighted by Gasteiger charge is -2.10. The number of aromatic amines is 1. The second kappa shape index (κ2) is 8.84. The summed E-state index contributed by atoms with van der Waals surface area (Å²) in [6, 6.07) is 14.2. The summed E-state index contributed by atoms with van der Waals surface area (Å²) in [5.41, 5.74) is 1.54. The molecular weight excluding hydrogens is 342 g/mol. The van der Waals surface area contributed by atoms with E-state index in [9.17, 15) is 5.11 Å². The topological polar surface area (TPSA) is 53.8 Å². The molecular formula is C21H21N3OS. The van der Waals surface area contributed by atoms with E-state index in [1.807, 2.05) is 41.8 Å². The molecule has 0 amide bonds. The van der Waals surface area contributed by atoms with Crippen molar-refractivity contribution in [2.75, 3.05) is 0 Å². The van der Waals surface area contributed by atoms with Crippen molar-refractivity contribution in [2.24, 2.45) is 0 Å². The number of fused-ring (bicyclic) bond motifs is 1. The molecule has 0 atom stereocenters. The number of aliphatic hydroxyl groups excluding tert-OH is 1. The van der Waals surface area contributed by atoms with Crippen molar-refractivity contribution in [1.82, 2.24) is 14.8 Å². The van der Waals surface area contributed by atoms with Crippen molar-refractivity contribution in [2.45, 2.75) is 20.8 Å². The third kappa shape index (κ3) is 3.93. The monoisotopic (exact) mass is 363 g/mol. The van der Waals surface area contributed by atoms with E-state index in [4.69, 9.17) is 12.2 Å². The third-order valence-electron chi connectivity index (χ3n) is 3.74. The van der Waals surface area contributed by atoms with E-state index in [0.717, 1.165) is 16.5 Å². The van der Waals surface area contributed by atoms with Gasteiger partial charge in [-0.1, -0.05) is 36.4 Å². The molecule has 0 radical (unpaired) electrons. The molecule has 0 fully saturated rings. The van der Waals surface area contributed by atoms with Crippen molar-refractivity contribution >= 4 is 28.6 Å². The van der Waals surface area contributed by atoms with Crippen LogP contribution in [-0.2, 0) is 0 Å². The SMILES string of the molecule is C#CC.C/C=C(\C(O)=C/C)c1n[nH]c(=S)n1-c1ccc2ccccc2c1. The summed E-state index contributed by atoms with van der Waals surface area (Å²) in [4.78, 5) is 0. The molecule has 3 aromatic rings. The smallest absolute Gasteiger partial charge is 0.200 e. The van der Waals surface area contributed by atoms with Crippen LogP contribution in [0.3, 0.4) is 0 Å². The summed E-state index contributed by atoms with van der Waals surface area (Å²) in [7, 11) is 0. The Hall–Kier alpha value is -3.10. The molecule has 1 aromatic heterocycles. The number of aliphatic hydroxyl groups is 1. The molecule has 5 heteroatoms. The molecule has 2 N–H and O–H groups in total. The Morgan fingerprint density at radius 3 is 2.46 bits per heavy atom. The predicted octanol–water partition coefficient (Wildman–Crippen LogP) is 5.59. The molecule has 0 saturated heterocycles. The van der Waals surface area contributed by atoms with Gasteiger partial charge in [0.15, 0.2) is 10.6 Å². The lowest BCUT2D eigenvalue weighted by Crippen LogP contribution is -2.02. The number of nitrogens with one attached hydrogen (secondary N) is 1. The Balaban J connectivity index is 0.000000758. The number of aromatic nitrogens is 3. The molecule has 0 aliphatic rings. The van der Waals surface area contributed by atoms with Crippen LogP contribution in [-0.4, -0.2) is 19.9 Å². The number of allylic oxidation sites excluding steroid dienone is 3. The summed E-state index contributed by atoms with van der Waals surface area (Å²) in [5, 5.41) is 19.5. The molecule has 1 heterocycles. The van der Waals surface area contributed by atoms with Gasteiger partial charge in [-0.25, -0.2) is 0 Å². The molecule has 0 aliphatic carbocycles. The Morgan fingerprint density at radius 1 is 1.19 bits per heavy atom. The molecule has 26 heavy (non-hydrogen) atoms. The van der Waals surface area contributed by atoms with Crippen molar-refractivity contribution < 1.29 is 5.11 Å². The number of rotatable bonds is 3. The zero-order valence-corrected chi connectivity index (χ0v) is 15.8. The maximum Gasteiger partial charge on any atom is 0.200 e. The van der Waals surface area contributed by atoms with Crippen molar-refractivity contribution in [1.29, 1.82) is 0 Å². The van der Waals surface area contributed by atoms with Gasteiger partial charge in [0.1, 0.15) is 5.76 Å². The first-order valence-corrected chi connectivity index (χ1v) is 8.54. The molecule has 0 saturated carbocycles. The van der Waals surface area contributed by atoms with Gasteiger partial charge in [-0.15, -0.1) is 12.3 Å². The lowest BCUT2D eigenvalue weighted by molar-refractivity contribution is 0.435. The highest BCUT2D eigenvalue weighted by molar-refractivity contribution is 7.71. The highest BCUT2D eigenvalue weighted by Gasteiger charge is 2.15. The highest BCUT2D eigenvalue weighted by atomic mass is 32.1. The number of hydrogen-bond donors (Lipinski definition) is 2. The number of hydrogen-bond acceptors (Lipinski definition) is 3. The first-order valence-electron chi connectivity index (χ1n) is 8.13. The van der Waals surface area contributed by atoms with Crippen molar-refractivity contribution in [3.8, 4) is 18.0 Å². The molecule has 0 spiro atoms.